The van der Waals surface area contributed by atoms with Crippen molar-refractivity contribution in [2.75, 3.05) is 19.7 Å². The summed E-state index contributed by atoms with van der Waals surface area (Å²) >= 11 is 0. The average molecular weight is 421 g/mol. The Morgan fingerprint density at radius 3 is 2.06 bits per heavy atom. The van der Waals surface area contributed by atoms with Gasteiger partial charge in [-0.15, -0.1) is 0 Å². The lowest BCUT2D eigenvalue weighted by Crippen LogP contribution is -2.48. The molecule has 2 aromatic rings. The van der Waals surface area contributed by atoms with Crippen LogP contribution in [0.25, 0.3) is 0 Å². The highest BCUT2D eigenvalue weighted by Gasteiger charge is 2.25. The number of ketones is 1. The number of amides is 1. The Kier molecular flexibility index (Phi) is 7.96. The third-order valence-corrected chi connectivity index (χ3v) is 5.33. The summed E-state index contributed by atoms with van der Waals surface area (Å²) in [5, 5.41) is 21.1. The highest BCUT2D eigenvalue weighted by atomic mass is 16.3. The van der Waals surface area contributed by atoms with E-state index in [9.17, 15) is 14.7 Å². The summed E-state index contributed by atoms with van der Waals surface area (Å²) in [6, 6.07) is 13.8. The van der Waals surface area contributed by atoms with E-state index in [0.29, 0.717) is 5.56 Å². The molecule has 6 nitrogen and oxygen atoms in total. The molecule has 2 aromatic carbocycles. The summed E-state index contributed by atoms with van der Waals surface area (Å²) in [6.45, 7) is 3.97. The number of aliphatic hydroxyl groups excluding tert-OH is 2. The molecule has 0 unspecified atom stereocenters. The molecule has 0 saturated carbocycles. The van der Waals surface area contributed by atoms with Crippen molar-refractivity contribution in [3.63, 3.8) is 0 Å². The maximum absolute atomic E-state index is 12.3. The van der Waals surface area contributed by atoms with Gasteiger partial charge in [0.2, 0.25) is 0 Å². The van der Waals surface area contributed by atoms with Crippen LogP contribution in [0.1, 0.15) is 46.8 Å². The molecule has 0 bridgehead atoms. The highest BCUT2D eigenvalue weighted by molar-refractivity contribution is 5.98. The zero-order valence-electron chi connectivity index (χ0n) is 17.7. The molecule has 0 aromatic heterocycles. The van der Waals surface area contributed by atoms with Crippen molar-refractivity contribution >= 4 is 11.7 Å². The number of nitrogens with one attached hydrogen (secondary N) is 1. The maximum Gasteiger partial charge on any atom is 0.251 e. The number of Topliss-reactive ketones (excluding diaryl/α,β-unsaturated/α-hetero) is 1. The fraction of sp³-hybridized carbons (Fsp3) is 0.360. The lowest BCUT2D eigenvalue weighted by molar-refractivity contribution is -0.125. The Labute approximate surface area is 182 Å². The molecule has 1 heterocycles. The first-order valence-electron chi connectivity index (χ1n) is 10.5. The van der Waals surface area contributed by atoms with Gasteiger partial charge in [-0.25, -0.2) is 0 Å². The SMILES string of the molecule is C[C@@H](O)[C@H](NC(=O)c1ccc(C#Cc2ccc(CN3CCCC3)cc2)cc1)C(=O)CO. The molecule has 0 radical (unpaired) electrons. The normalized spacial score (nSPS) is 15.6. The van der Waals surface area contributed by atoms with E-state index >= 15 is 0 Å². The Bertz CT molecular complexity index is 950. The minimum atomic E-state index is -1.15. The van der Waals surface area contributed by atoms with E-state index in [-0.39, 0.29) is 0 Å². The van der Waals surface area contributed by atoms with Gasteiger partial charge in [0.15, 0.2) is 5.78 Å². The van der Waals surface area contributed by atoms with Crippen LogP contribution in [0.3, 0.4) is 0 Å². The van der Waals surface area contributed by atoms with Gasteiger partial charge in [-0.05, 0) is 74.8 Å². The zero-order chi connectivity index (χ0) is 22.2. The van der Waals surface area contributed by atoms with Crippen LogP contribution in [-0.4, -0.2) is 58.6 Å². The molecular weight excluding hydrogens is 392 g/mol. The predicted octanol–water partition coefficient (Wildman–Crippen LogP) is 1.72. The van der Waals surface area contributed by atoms with Crippen molar-refractivity contribution in [1.82, 2.24) is 10.2 Å². The zero-order valence-corrected chi connectivity index (χ0v) is 17.7. The Balaban J connectivity index is 1.60. The number of carbonyl (C=O) groups excluding carboxylic acids is 2. The van der Waals surface area contributed by atoms with Gasteiger partial charge in [-0.2, -0.15) is 0 Å². The topological polar surface area (TPSA) is 89.9 Å². The van der Waals surface area contributed by atoms with Crippen molar-refractivity contribution in [2.45, 2.75) is 38.5 Å². The molecule has 0 aliphatic carbocycles. The van der Waals surface area contributed by atoms with Crippen LogP contribution in [0.4, 0.5) is 0 Å². The van der Waals surface area contributed by atoms with Gasteiger partial charge in [0.05, 0.1) is 6.10 Å². The summed E-state index contributed by atoms with van der Waals surface area (Å²) in [6.07, 6.45) is 1.47. The number of carbonyl (C=O) groups is 2. The third-order valence-electron chi connectivity index (χ3n) is 5.33. The van der Waals surface area contributed by atoms with Crippen LogP contribution in [0, 0.1) is 11.8 Å². The van der Waals surface area contributed by atoms with Crippen molar-refractivity contribution in [3.8, 4) is 11.8 Å². The average Bonchev–Trinajstić information content (AvgIpc) is 3.29. The molecule has 31 heavy (non-hydrogen) atoms. The second kappa shape index (κ2) is 10.9. The first kappa shape index (κ1) is 22.7. The molecular formula is C25H28N2O4. The van der Waals surface area contributed by atoms with Crippen molar-refractivity contribution < 1.29 is 19.8 Å². The summed E-state index contributed by atoms with van der Waals surface area (Å²) in [7, 11) is 0. The van der Waals surface area contributed by atoms with Gasteiger partial charge in [-0.1, -0.05) is 24.0 Å². The Morgan fingerprint density at radius 1 is 1.00 bits per heavy atom. The lowest BCUT2D eigenvalue weighted by atomic mass is 10.1. The summed E-state index contributed by atoms with van der Waals surface area (Å²) < 4.78 is 0. The molecule has 1 aliphatic rings. The number of hydrogen-bond donors (Lipinski definition) is 3. The van der Waals surface area contributed by atoms with Crippen LogP contribution < -0.4 is 5.32 Å². The van der Waals surface area contributed by atoms with Crippen LogP contribution in [0.2, 0.25) is 0 Å². The molecule has 0 spiro atoms. The molecule has 1 saturated heterocycles. The van der Waals surface area contributed by atoms with E-state index in [0.717, 1.165) is 17.7 Å². The van der Waals surface area contributed by atoms with E-state index in [4.69, 9.17) is 5.11 Å². The number of likely N-dealkylation sites (tertiary alicyclic amines) is 1. The smallest absolute Gasteiger partial charge is 0.251 e. The third kappa shape index (κ3) is 6.50. The van der Waals surface area contributed by atoms with Gasteiger partial charge in [-0.3, -0.25) is 14.5 Å². The van der Waals surface area contributed by atoms with Crippen LogP contribution in [-0.2, 0) is 11.3 Å². The molecule has 1 fully saturated rings. The number of hydrogen-bond acceptors (Lipinski definition) is 5. The van der Waals surface area contributed by atoms with Crippen molar-refractivity contribution in [3.05, 3.63) is 70.8 Å². The molecule has 6 heteroatoms. The number of benzene rings is 2. The van der Waals surface area contributed by atoms with Crippen LogP contribution in [0.15, 0.2) is 48.5 Å². The maximum atomic E-state index is 12.3. The summed E-state index contributed by atoms with van der Waals surface area (Å²) in [4.78, 5) is 26.4. The lowest BCUT2D eigenvalue weighted by Gasteiger charge is -2.19. The second-order valence-electron chi connectivity index (χ2n) is 7.82. The number of aliphatic hydroxyl groups is 2. The van der Waals surface area contributed by atoms with E-state index in [1.807, 2.05) is 12.1 Å². The van der Waals surface area contributed by atoms with Crippen LogP contribution >= 0.6 is 0 Å². The highest BCUT2D eigenvalue weighted by Crippen LogP contribution is 2.13. The monoisotopic (exact) mass is 420 g/mol. The van der Waals surface area contributed by atoms with Gasteiger partial charge < -0.3 is 15.5 Å². The van der Waals surface area contributed by atoms with Crippen molar-refractivity contribution in [1.29, 1.82) is 0 Å². The van der Waals surface area contributed by atoms with Crippen LogP contribution in [0.5, 0.6) is 0 Å². The second-order valence-corrected chi connectivity index (χ2v) is 7.82. The van der Waals surface area contributed by atoms with E-state index in [1.54, 1.807) is 24.3 Å². The molecule has 3 N–H and O–H groups in total. The molecule has 1 aliphatic heterocycles. The molecule has 1 amide bonds. The van der Waals surface area contributed by atoms with Crippen molar-refractivity contribution in [2.24, 2.45) is 0 Å². The fourth-order valence-electron chi connectivity index (χ4n) is 3.53. The minimum Gasteiger partial charge on any atom is -0.391 e. The Hall–Kier alpha value is -2.98. The summed E-state index contributed by atoms with van der Waals surface area (Å²) in [5.74, 6) is 5.08. The Morgan fingerprint density at radius 2 is 1.55 bits per heavy atom. The van der Waals surface area contributed by atoms with E-state index in [1.165, 1.54) is 38.4 Å². The predicted molar refractivity (Wildman–Crippen MR) is 118 cm³/mol. The van der Waals surface area contributed by atoms with E-state index < -0.39 is 30.4 Å². The summed E-state index contributed by atoms with van der Waals surface area (Å²) in [5.41, 5.74) is 3.32. The molecule has 162 valence electrons. The fourth-order valence-corrected chi connectivity index (χ4v) is 3.53. The molecule has 2 atom stereocenters. The van der Waals surface area contributed by atoms with Gasteiger partial charge in [0, 0.05) is 23.2 Å². The molecule has 3 rings (SSSR count). The standard InChI is InChI=1S/C25H28N2O4/c1-18(29)24(23(30)17-28)26-25(31)22-12-10-20(11-13-22)5-4-19-6-8-21(9-7-19)16-27-14-2-3-15-27/h6-13,18,24,28-29H,2-3,14-17H2,1H3,(H,26,31)/t18-,24+/m1/s1. The number of nitrogens with zero attached hydrogens (tertiary/aromatic N) is 1. The minimum absolute atomic E-state index is 0.341. The van der Waals surface area contributed by atoms with Gasteiger partial charge >= 0.3 is 0 Å². The first-order valence-corrected chi connectivity index (χ1v) is 10.5. The van der Waals surface area contributed by atoms with Gasteiger partial charge in [0.25, 0.3) is 5.91 Å². The van der Waals surface area contributed by atoms with E-state index in [2.05, 4.69) is 34.2 Å². The van der Waals surface area contributed by atoms with Gasteiger partial charge in [0.1, 0.15) is 12.6 Å². The first-order chi connectivity index (χ1) is 15.0. The quantitative estimate of drug-likeness (QED) is 0.594. The largest absolute Gasteiger partial charge is 0.391 e. The number of rotatable bonds is 7.